The van der Waals surface area contributed by atoms with Crippen molar-refractivity contribution in [2.45, 2.75) is 64.0 Å². The number of nitro groups is 1. The van der Waals surface area contributed by atoms with Crippen molar-refractivity contribution in [3.63, 3.8) is 0 Å². The molecule has 1 N–H and O–H groups in total. The molecule has 0 radical (unpaired) electrons. The van der Waals surface area contributed by atoms with Crippen LogP contribution in [0.1, 0.15) is 52.9 Å². The second kappa shape index (κ2) is 13.3. The molecule has 43 heavy (non-hydrogen) atoms. The highest BCUT2D eigenvalue weighted by Crippen LogP contribution is 2.45. The molecule has 2 aliphatic rings. The number of likely N-dealkylation sites (tertiary alicyclic amines) is 2. The van der Waals surface area contributed by atoms with Crippen LogP contribution in [0.3, 0.4) is 0 Å². The maximum Gasteiger partial charge on any atom is 0.410 e. The molecule has 2 aromatic rings. The number of ether oxygens (including phenoxy) is 3. The van der Waals surface area contributed by atoms with Crippen molar-refractivity contribution >= 4 is 61.9 Å². The van der Waals surface area contributed by atoms with Crippen LogP contribution >= 0.6 is 27.5 Å². The van der Waals surface area contributed by atoms with Crippen molar-refractivity contribution < 1.29 is 33.1 Å². The van der Waals surface area contributed by atoms with E-state index in [9.17, 15) is 19.7 Å². The van der Waals surface area contributed by atoms with Gasteiger partial charge in [0.05, 0.1) is 21.5 Å². The van der Waals surface area contributed by atoms with E-state index in [1.54, 1.807) is 20.8 Å². The highest BCUT2D eigenvalue weighted by atomic mass is 79.9. The molecule has 0 saturated carbocycles. The molecule has 236 valence electrons. The van der Waals surface area contributed by atoms with Gasteiger partial charge in [0.15, 0.2) is 5.82 Å². The second-order valence-electron chi connectivity index (χ2n) is 11.7. The average Bonchev–Trinajstić information content (AvgIpc) is 2.96. The summed E-state index contributed by atoms with van der Waals surface area (Å²) in [6.45, 7) is 7.81. The van der Waals surface area contributed by atoms with Crippen molar-refractivity contribution in [1.29, 1.82) is 0 Å². The Morgan fingerprint density at radius 2 is 1.86 bits per heavy atom. The monoisotopic (exact) mass is 687 g/mol. The molecule has 0 aliphatic carbocycles. The number of halogens is 3. The molecule has 2 fully saturated rings. The Morgan fingerprint density at radius 3 is 2.44 bits per heavy atom. The number of hydrogen-bond acceptors (Lipinski definition) is 10. The molecule has 3 heterocycles. The maximum atomic E-state index is 15.5. The van der Waals surface area contributed by atoms with Crippen LogP contribution in [0.25, 0.3) is 10.9 Å². The lowest BCUT2D eigenvalue weighted by atomic mass is 9.86. The summed E-state index contributed by atoms with van der Waals surface area (Å²) in [7, 11) is 1.20. The fourth-order valence-electron chi connectivity index (χ4n) is 5.34. The molecule has 1 amide bonds. The SMILES string of the molecule is COC(=O)C1(Nc2c([N+](=O)[O-])c(OCCN3CCCCC3)nc3c(F)c(Br)c(Cl)cc23)CCN(C(=O)OC(C)(C)C)CC1. The Balaban J connectivity index is 1.75. The van der Waals surface area contributed by atoms with Gasteiger partial charge in [-0.3, -0.25) is 15.0 Å². The van der Waals surface area contributed by atoms with Crippen molar-refractivity contribution in [1.82, 2.24) is 14.8 Å². The number of esters is 1. The summed E-state index contributed by atoms with van der Waals surface area (Å²) in [4.78, 5) is 45.7. The smallest absolute Gasteiger partial charge is 0.410 e. The van der Waals surface area contributed by atoms with Gasteiger partial charge < -0.3 is 24.4 Å². The average molecular weight is 689 g/mol. The quantitative estimate of drug-likeness (QED) is 0.154. The standard InChI is InChI=1S/C28H36BrClFN5O7/c1-27(2,3)43-26(38)35-12-8-28(9-13-35,25(37)41-4)33-22-17-16-18(30)19(29)20(31)21(17)32-24(23(22)36(39)40)42-15-14-34-10-6-5-7-11-34/h16H,5-15H2,1-4H3,(H,32,33). The molecule has 12 nitrogen and oxygen atoms in total. The Hall–Kier alpha value is -2.97. The number of nitrogens with zero attached hydrogens (tertiary/aromatic N) is 4. The van der Waals surface area contributed by atoms with Crippen LogP contribution in [0.2, 0.25) is 5.02 Å². The van der Waals surface area contributed by atoms with E-state index in [4.69, 9.17) is 25.8 Å². The molecule has 15 heteroatoms. The van der Waals surface area contributed by atoms with Gasteiger partial charge in [-0.05, 0) is 81.5 Å². The number of pyridine rings is 1. The minimum atomic E-state index is -1.51. The number of hydrogen-bond donors (Lipinski definition) is 1. The van der Waals surface area contributed by atoms with Gasteiger partial charge in [-0.2, -0.15) is 0 Å². The van der Waals surface area contributed by atoms with Crippen LogP contribution in [0, 0.1) is 15.9 Å². The van der Waals surface area contributed by atoms with Crippen LogP contribution in [0.5, 0.6) is 5.88 Å². The first-order valence-electron chi connectivity index (χ1n) is 14.1. The van der Waals surface area contributed by atoms with Gasteiger partial charge in [-0.1, -0.05) is 18.0 Å². The first-order chi connectivity index (χ1) is 20.3. The molecular weight excluding hydrogens is 653 g/mol. The lowest BCUT2D eigenvalue weighted by Gasteiger charge is -2.40. The number of rotatable bonds is 8. The first kappa shape index (κ1) is 32.9. The number of amides is 1. The Kier molecular flexibility index (Phi) is 10.2. The van der Waals surface area contributed by atoms with E-state index >= 15 is 4.39 Å². The molecule has 2 aliphatic heterocycles. The van der Waals surface area contributed by atoms with E-state index in [-0.39, 0.29) is 58.6 Å². The highest BCUT2D eigenvalue weighted by Gasteiger charge is 2.46. The zero-order chi connectivity index (χ0) is 31.5. The van der Waals surface area contributed by atoms with E-state index in [1.165, 1.54) is 18.1 Å². The van der Waals surface area contributed by atoms with Gasteiger partial charge in [0.1, 0.15) is 29.0 Å². The summed E-state index contributed by atoms with van der Waals surface area (Å²) >= 11 is 9.40. The topological polar surface area (TPSA) is 136 Å². The summed E-state index contributed by atoms with van der Waals surface area (Å²) in [6, 6.07) is 1.34. The van der Waals surface area contributed by atoms with Gasteiger partial charge in [-0.15, -0.1) is 0 Å². The first-order valence-corrected chi connectivity index (χ1v) is 15.3. The summed E-state index contributed by atoms with van der Waals surface area (Å²) in [5, 5.41) is 15.5. The predicted molar refractivity (Wildman–Crippen MR) is 162 cm³/mol. The van der Waals surface area contributed by atoms with Gasteiger partial charge >= 0.3 is 17.7 Å². The zero-order valence-corrected chi connectivity index (χ0v) is 27.0. The van der Waals surface area contributed by atoms with Crippen LogP contribution in [0.4, 0.5) is 20.6 Å². The molecular formula is C28H36BrClFN5O7. The van der Waals surface area contributed by atoms with Crippen LogP contribution in [-0.2, 0) is 14.3 Å². The second-order valence-corrected chi connectivity index (χ2v) is 12.9. The van der Waals surface area contributed by atoms with Crippen LogP contribution < -0.4 is 10.1 Å². The fraction of sp³-hybridized carbons (Fsp3) is 0.607. The normalized spacial score (nSPS) is 17.4. The van der Waals surface area contributed by atoms with Crippen LogP contribution in [0.15, 0.2) is 10.5 Å². The van der Waals surface area contributed by atoms with E-state index in [1.807, 2.05) is 0 Å². The molecule has 0 unspecified atom stereocenters. The molecule has 1 aromatic carbocycles. The molecule has 2 saturated heterocycles. The van der Waals surface area contributed by atoms with Crippen molar-refractivity contribution in [3.05, 3.63) is 31.5 Å². The number of benzene rings is 1. The number of nitrogens with one attached hydrogen (secondary N) is 1. The van der Waals surface area contributed by atoms with Crippen molar-refractivity contribution in [3.8, 4) is 5.88 Å². The highest BCUT2D eigenvalue weighted by molar-refractivity contribution is 9.10. The third-order valence-corrected chi connectivity index (χ3v) is 8.85. The largest absolute Gasteiger partial charge is 0.471 e. The predicted octanol–water partition coefficient (Wildman–Crippen LogP) is 5.92. The van der Waals surface area contributed by atoms with Gasteiger partial charge in [0.2, 0.25) is 0 Å². The fourth-order valence-corrected chi connectivity index (χ4v) is 5.83. The van der Waals surface area contributed by atoms with E-state index in [0.29, 0.717) is 6.54 Å². The van der Waals surface area contributed by atoms with Gasteiger partial charge in [-0.25, -0.2) is 19.0 Å². The summed E-state index contributed by atoms with van der Waals surface area (Å²) in [6.07, 6.45) is 2.77. The summed E-state index contributed by atoms with van der Waals surface area (Å²) in [5.41, 5.74) is -3.21. The van der Waals surface area contributed by atoms with Gasteiger partial charge in [0, 0.05) is 25.0 Å². The number of carbonyl (C=O) groups excluding carboxylic acids is 2. The molecule has 4 rings (SSSR count). The lowest BCUT2D eigenvalue weighted by Crippen LogP contribution is -2.56. The molecule has 0 bridgehead atoms. The van der Waals surface area contributed by atoms with E-state index < -0.39 is 45.5 Å². The number of aromatic nitrogens is 1. The number of piperidine rings is 2. The minimum absolute atomic E-state index is 0.0152. The molecule has 1 aromatic heterocycles. The minimum Gasteiger partial charge on any atom is -0.471 e. The lowest BCUT2D eigenvalue weighted by molar-refractivity contribution is -0.385. The summed E-state index contributed by atoms with van der Waals surface area (Å²) in [5.74, 6) is -1.93. The summed E-state index contributed by atoms with van der Waals surface area (Å²) < 4.78 is 31.9. The number of fused-ring (bicyclic) bond motifs is 1. The third kappa shape index (κ3) is 7.40. The van der Waals surface area contributed by atoms with Crippen molar-refractivity contribution in [2.75, 3.05) is 51.8 Å². The maximum absolute atomic E-state index is 15.5. The number of anilines is 1. The Labute approximate surface area is 262 Å². The van der Waals surface area contributed by atoms with Crippen LogP contribution in [-0.4, -0.2) is 89.4 Å². The van der Waals surface area contributed by atoms with E-state index in [2.05, 4.69) is 31.1 Å². The van der Waals surface area contributed by atoms with Crippen molar-refractivity contribution in [2.24, 2.45) is 0 Å². The Morgan fingerprint density at radius 1 is 1.21 bits per heavy atom. The zero-order valence-electron chi connectivity index (χ0n) is 24.6. The number of carbonyl (C=O) groups is 2. The molecule has 0 atom stereocenters. The molecule has 0 spiro atoms. The third-order valence-electron chi connectivity index (χ3n) is 7.55. The Bertz CT molecular complexity index is 1390. The van der Waals surface area contributed by atoms with E-state index in [0.717, 1.165) is 32.4 Å². The number of methoxy groups -OCH3 is 1. The van der Waals surface area contributed by atoms with Gasteiger partial charge in [0.25, 0.3) is 5.88 Å².